The highest BCUT2D eigenvalue weighted by Crippen LogP contribution is 2.41. The Kier molecular flexibility index (Phi) is 4.96. The number of nitrogens with one attached hydrogen (secondary N) is 1. The average molecular weight is 349 g/mol. The zero-order chi connectivity index (χ0) is 18.2. The summed E-state index contributed by atoms with van der Waals surface area (Å²) in [5.74, 6) is -1.56. The van der Waals surface area contributed by atoms with Gasteiger partial charge in [-0.15, -0.1) is 0 Å². The molecule has 1 aliphatic carbocycles. The number of aromatic nitrogens is 2. The molecule has 136 valence electrons. The van der Waals surface area contributed by atoms with E-state index in [9.17, 15) is 28.2 Å². The Morgan fingerprint density at radius 3 is 2.71 bits per heavy atom. The van der Waals surface area contributed by atoms with Crippen molar-refractivity contribution in [3.05, 3.63) is 18.2 Å². The lowest BCUT2D eigenvalue weighted by molar-refractivity contribution is -0.271. The zero-order valence-corrected chi connectivity index (χ0v) is 13.6. The second-order valence-electron chi connectivity index (χ2n) is 6.72. The Balaban J connectivity index is 2.19. The van der Waals surface area contributed by atoms with Crippen molar-refractivity contribution in [1.82, 2.24) is 14.9 Å². The van der Waals surface area contributed by atoms with Crippen LogP contribution in [0.5, 0.6) is 0 Å². The number of aliphatic hydroxyl groups excluding tert-OH is 1. The number of aryl methyl sites for hydroxylation is 1. The number of alkyl halides is 3. The number of aliphatic hydroxyl groups is 2. The van der Waals surface area contributed by atoms with Gasteiger partial charge in [-0.25, -0.2) is 4.98 Å². The third kappa shape index (κ3) is 3.27. The molecule has 24 heavy (non-hydrogen) atoms. The highest BCUT2D eigenvalue weighted by Gasteiger charge is 2.59. The van der Waals surface area contributed by atoms with Gasteiger partial charge in [0.25, 0.3) is 0 Å². The highest BCUT2D eigenvalue weighted by atomic mass is 19.4. The summed E-state index contributed by atoms with van der Waals surface area (Å²) in [5.41, 5.74) is -3.93. The number of carbonyl (C=O) groups excluding carboxylic acids is 1. The van der Waals surface area contributed by atoms with Gasteiger partial charge in [0.1, 0.15) is 0 Å². The number of halogens is 3. The number of hydrogen-bond donors (Lipinski definition) is 3. The first-order valence-electron chi connectivity index (χ1n) is 7.70. The summed E-state index contributed by atoms with van der Waals surface area (Å²) < 4.78 is 41.3. The van der Waals surface area contributed by atoms with Gasteiger partial charge >= 0.3 is 6.18 Å². The summed E-state index contributed by atoms with van der Waals surface area (Å²) in [5, 5.41) is 22.2. The van der Waals surface area contributed by atoms with Gasteiger partial charge in [0.2, 0.25) is 11.5 Å². The number of hydrogen-bond acceptors (Lipinski definition) is 4. The lowest BCUT2D eigenvalue weighted by atomic mass is 9.85. The first-order valence-corrected chi connectivity index (χ1v) is 7.70. The van der Waals surface area contributed by atoms with Crippen LogP contribution in [0.3, 0.4) is 0 Å². The molecule has 0 radical (unpaired) electrons. The van der Waals surface area contributed by atoms with Gasteiger partial charge in [0.15, 0.2) is 5.82 Å². The molecular weight excluding hydrogens is 327 g/mol. The number of rotatable bonds is 5. The third-order valence-electron chi connectivity index (χ3n) is 4.85. The van der Waals surface area contributed by atoms with E-state index in [1.807, 2.05) is 0 Å². The molecule has 3 N–H and O–H groups in total. The van der Waals surface area contributed by atoms with Crippen molar-refractivity contribution >= 4 is 5.91 Å². The van der Waals surface area contributed by atoms with Gasteiger partial charge in [-0.2, -0.15) is 13.2 Å². The Labute approximate surface area is 137 Å². The van der Waals surface area contributed by atoms with E-state index < -0.39 is 41.4 Å². The Morgan fingerprint density at radius 2 is 2.21 bits per heavy atom. The predicted molar refractivity (Wildman–Crippen MR) is 78.8 cm³/mol. The summed E-state index contributed by atoms with van der Waals surface area (Å²) in [6, 6.07) is -0.422. The molecule has 1 aliphatic rings. The molecule has 2 rings (SSSR count). The van der Waals surface area contributed by atoms with E-state index in [1.165, 1.54) is 13.2 Å². The van der Waals surface area contributed by atoms with Crippen LogP contribution in [-0.2, 0) is 17.4 Å². The summed E-state index contributed by atoms with van der Waals surface area (Å²) in [7, 11) is 1.32. The molecular formula is C15H22F3N3O3. The van der Waals surface area contributed by atoms with E-state index in [-0.39, 0.29) is 6.61 Å². The van der Waals surface area contributed by atoms with E-state index in [0.29, 0.717) is 12.8 Å². The van der Waals surface area contributed by atoms with Crippen LogP contribution in [0.1, 0.15) is 38.4 Å². The molecule has 0 aliphatic heterocycles. The first kappa shape index (κ1) is 18.7. The Hall–Kier alpha value is -1.61. The largest absolute Gasteiger partial charge is 0.425 e. The minimum absolute atomic E-state index is 0.166. The van der Waals surface area contributed by atoms with Gasteiger partial charge < -0.3 is 20.1 Å². The van der Waals surface area contributed by atoms with E-state index in [0.717, 1.165) is 17.2 Å². The van der Waals surface area contributed by atoms with Crippen LogP contribution < -0.4 is 5.32 Å². The number of carbonyl (C=O) groups is 1. The van der Waals surface area contributed by atoms with Gasteiger partial charge in [-0.1, -0.05) is 13.3 Å². The van der Waals surface area contributed by atoms with Gasteiger partial charge in [-0.05, 0) is 12.8 Å². The molecule has 0 aromatic carbocycles. The van der Waals surface area contributed by atoms with Crippen LogP contribution in [0.25, 0.3) is 0 Å². The van der Waals surface area contributed by atoms with E-state index >= 15 is 0 Å². The van der Waals surface area contributed by atoms with Gasteiger partial charge in [0, 0.05) is 30.9 Å². The van der Waals surface area contributed by atoms with Crippen molar-refractivity contribution in [2.45, 2.75) is 50.4 Å². The quantitative estimate of drug-likeness (QED) is 0.746. The van der Waals surface area contributed by atoms with Crippen molar-refractivity contribution in [3.63, 3.8) is 0 Å². The Bertz CT molecular complexity index is 604. The second-order valence-corrected chi connectivity index (χ2v) is 6.72. The van der Waals surface area contributed by atoms with Crippen LogP contribution in [0, 0.1) is 5.41 Å². The minimum atomic E-state index is -5.06. The Morgan fingerprint density at radius 1 is 1.54 bits per heavy atom. The molecule has 6 nitrogen and oxygen atoms in total. The van der Waals surface area contributed by atoms with Crippen LogP contribution in [0.15, 0.2) is 12.4 Å². The summed E-state index contributed by atoms with van der Waals surface area (Å²) in [4.78, 5) is 15.7. The monoisotopic (exact) mass is 349 g/mol. The number of amides is 1. The minimum Gasteiger partial charge on any atom is -0.396 e. The fraction of sp³-hybridized carbons (Fsp3) is 0.733. The van der Waals surface area contributed by atoms with E-state index in [2.05, 4.69) is 10.3 Å². The molecule has 1 aromatic heterocycles. The predicted octanol–water partition coefficient (Wildman–Crippen LogP) is 1.23. The molecule has 3 unspecified atom stereocenters. The average Bonchev–Trinajstić information content (AvgIpc) is 3.05. The highest BCUT2D eigenvalue weighted by molar-refractivity contribution is 5.77. The lowest BCUT2D eigenvalue weighted by Crippen LogP contribution is -2.51. The molecule has 0 bridgehead atoms. The van der Waals surface area contributed by atoms with Crippen LogP contribution in [0.2, 0.25) is 0 Å². The third-order valence-corrected chi connectivity index (χ3v) is 4.85. The van der Waals surface area contributed by atoms with Gasteiger partial charge in [0.05, 0.1) is 13.0 Å². The molecule has 1 fully saturated rings. The van der Waals surface area contributed by atoms with E-state index in [1.54, 1.807) is 6.92 Å². The number of nitrogens with zero attached hydrogens (tertiary/aromatic N) is 2. The molecule has 1 saturated carbocycles. The van der Waals surface area contributed by atoms with Crippen LogP contribution >= 0.6 is 0 Å². The zero-order valence-electron chi connectivity index (χ0n) is 13.6. The molecule has 3 atom stereocenters. The topological polar surface area (TPSA) is 87.4 Å². The maximum Gasteiger partial charge on any atom is 0.425 e. The maximum atomic E-state index is 13.4. The van der Waals surface area contributed by atoms with Crippen LogP contribution in [-0.4, -0.2) is 44.5 Å². The normalized spacial score (nSPS) is 27.0. The molecule has 9 heteroatoms. The molecule has 0 saturated heterocycles. The van der Waals surface area contributed by atoms with Crippen molar-refractivity contribution in [2.24, 2.45) is 12.5 Å². The van der Waals surface area contributed by atoms with Crippen molar-refractivity contribution in [2.75, 3.05) is 6.61 Å². The fourth-order valence-corrected chi connectivity index (χ4v) is 3.22. The summed E-state index contributed by atoms with van der Waals surface area (Å²) in [6.07, 6.45) is -1.82. The van der Waals surface area contributed by atoms with Crippen molar-refractivity contribution in [1.29, 1.82) is 0 Å². The van der Waals surface area contributed by atoms with E-state index in [4.69, 9.17) is 0 Å². The standard InChI is InChI=1S/C15H22F3N3O3/c1-13(9-22)5-3-4-10(13)20-11(23)8-14(24,15(16,17)18)12-19-6-7-21(12)2/h6-7,10,22,24H,3-5,8-9H2,1-2H3,(H,20,23). The van der Waals surface area contributed by atoms with Crippen LogP contribution in [0.4, 0.5) is 13.2 Å². The lowest BCUT2D eigenvalue weighted by Gasteiger charge is -2.33. The second kappa shape index (κ2) is 6.36. The molecule has 1 heterocycles. The van der Waals surface area contributed by atoms with Crippen molar-refractivity contribution < 1.29 is 28.2 Å². The van der Waals surface area contributed by atoms with Gasteiger partial charge in [-0.3, -0.25) is 4.79 Å². The smallest absolute Gasteiger partial charge is 0.396 e. The fourth-order valence-electron chi connectivity index (χ4n) is 3.22. The summed E-state index contributed by atoms with van der Waals surface area (Å²) >= 11 is 0. The maximum absolute atomic E-state index is 13.4. The summed E-state index contributed by atoms with van der Waals surface area (Å²) in [6.45, 7) is 1.61. The molecule has 1 aromatic rings. The first-order chi connectivity index (χ1) is 11.0. The number of imidazole rings is 1. The molecule has 0 spiro atoms. The molecule has 1 amide bonds. The SMILES string of the molecule is Cn1ccnc1C(O)(CC(=O)NC1CCCC1(C)CO)C(F)(F)F. The van der Waals surface area contributed by atoms with Crippen molar-refractivity contribution in [3.8, 4) is 0 Å².